The Morgan fingerprint density at radius 3 is 2.58 bits per heavy atom. The summed E-state index contributed by atoms with van der Waals surface area (Å²) in [4.78, 5) is 6.08. The molecular weight excluding hydrogens is 343 g/mol. The lowest BCUT2D eigenvalue weighted by molar-refractivity contribution is -0.140. The Balaban J connectivity index is 1.65. The molecule has 1 aliphatic rings. The number of alkyl halides is 3. The van der Waals surface area contributed by atoms with E-state index in [1.54, 1.807) is 24.3 Å². The lowest BCUT2D eigenvalue weighted by Crippen LogP contribution is -2.45. The molecule has 1 fully saturated rings. The minimum absolute atomic E-state index is 0.213. The fraction of sp³-hybridized carbons (Fsp3) is 0.526. The number of anilines is 1. The van der Waals surface area contributed by atoms with Gasteiger partial charge in [-0.25, -0.2) is 4.98 Å². The van der Waals surface area contributed by atoms with Crippen molar-refractivity contribution in [2.75, 3.05) is 31.5 Å². The number of rotatable bonds is 5. The fourth-order valence-electron chi connectivity index (χ4n) is 3.46. The van der Waals surface area contributed by atoms with Crippen molar-refractivity contribution in [1.82, 2.24) is 9.88 Å². The van der Waals surface area contributed by atoms with Crippen molar-refractivity contribution in [3.05, 3.63) is 36.0 Å². The van der Waals surface area contributed by atoms with Crippen molar-refractivity contribution in [2.45, 2.75) is 38.7 Å². The Morgan fingerprint density at radius 2 is 1.88 bits per heavy atom. The highest BCUT2D eigenvalue weighted by Gasteiger charge is 2.33. The molecule has 4 nitrogen and oxygen atoms in total. The predicted octanol–water partition coefficient (Wildman–Crippen LogP) is 4.16. The third kappa shape index (κ3) is 4.65. The number of ether oxygens (including phenoxy) is 1. The molecule has 1 N–H and O–H groups in total. The lowest BCUT2D eigenvalue weighted by Gasteiger charge is -2.35. The molecule has 0 radical (unpaired) electrons. The molecule has 2 heterocycles. The van der Waals surface area contributed by atoms with E-state index in [-0.39, 0.29) is 12.2 Å². The number of aromatic nitrogens is 1. The van der Waals surface area contributed by atoms with Crippen molar-refractivity contribution in [2.24, 2.45) is 0 Å². The van der Waals surface area contributed by atoms with E-state index >= 15 is 0 Å². The smallest absolute Gasteiger partial charge is 0.384 e. The van der Waals surface area contributed by atoms with Crippen molar-refractivity contribution in [3.63, 3.8) is 0 Å². The molecular formula is C19H24F3N3O. The first kappa shape index (κ1) is 18.9. The molecule has 0 aliphatic carbocycles. The van der Waals surface area contributed by atoms with Crippen LogP contribution in [0.3, 0.4) is 0 Å². The van der Waals surface area contributed by atoms with Gasteiger partial charge >= 0.3 is 6.18 Å². The van der Waals surface area contributed by atoms with Crippen LogP contribution < -0.4 is 5.32 Å². The first-order valence-corrected chi connectivity index (χ1v) is 8.91. The van der Waals surface area contributed by atoms with Crippen LogP contribution in [0.15, 0.2) is 30.3 Å². The summed E-state index contributed by atoms with van der Waals surface area (Å²) in [6.07, 6.45) is -3.19. The van der Waals surface area contributed by atoms with Crippen LogP contribution in [0.5, 0.6) is 0 Å². The second kappa shape index (κ2) is 7.80. The number of para-hydroxylation sites is 1. The average molecular weight is 367 g/mol. The maximum absolute atomic E-state index is 13.1. The zero-order valence-corrected chi connectivity index (χ0v) is 15.0. The summed E-state index contributed by atoms with van der Waals surface area (Å²) in [7, 11) is 0. The van der Waals surface area contributed by atoms with E-state index in [1.165, 1.54) is 0 Å². The van der Waals surface area contributed by atoms with Crippen molar-refractivity contribution in [1.29, 1.82) is 0 Å². The van der Waals surface area contributed by atoms with Crippen LogP contribution in [0.2, 0.25) is 0 Å². The molecule has 0 amide bonds. The standard InChI is InChI=1S/C19H24F3N3O/c1-13-11-25(12-14(2)26-13)9-5-8-23-17-10-18(19(20,21)22)24-16-7-4-3-6-15(16)17/h3-4,6-7,10,13-14H,5,8-9,11-12H2,1-2H3,(H,23,24). The van der Waals surface area contributed by atoms with Gasteiger partial charge in [-0.1, -0.05) is 18.2 Å². The molecule has 1 aromatic heterocycles. The van der Waals surface area contributed by atoms with Gasteiger partial charge in [-0.15, -0.1) is 0 Å². The summed E-state index contributed by atoms with van der Waals surface area (Å²) in [5.41, 5.74) is -0.0400. The first-order valence-electron chi connectivity index (χ1n) is 8.91. The number of nitrogens with one attached hydrogen (secondary N) is 1. The number of halogens is 3. The maximum Gasteiger partial charge on any atom is 0.433 e. The number of benzene rings is 1. The Hall–Kier alpha value is -1.86. The van der Waals surface area contributed by atoms with Crippen molar-refractivity contribution >= 4 is 16.6 Å². The van der Waals surface area contributed by atoms with Crippen LogP contribution in [0.4, 0.5) is 18.9 Å². The molecule has 1 saturated heterocycles. The van der Waals surface area contributed by atoms with Crippen LogP contribution in [-0.4, -0.2) is 48.3 Å². The maximum atomic E-state index is 13.1. The number of hydrogen-bond donors (Lipinski definition) is 1. The van der Waals surface area contributed by atoms with Gasteiger partial charge in [0, 0.05) is 37.3 Å². The second-order valence-corrected chi connectivity index (χ2v) is 6.87. The quantitative estimate of drug-likeness (QED) is 0.805. The first-order chi connectivity index (χ1) is 12.3. The van der Waals surface area contributed by atoms with Crippen LogP contribution >= 0.6 is 0 Å². The minimum atomic E-state index is -4.46. The van der Waals surface area contributed by atoms with Gasteiger partial charge in [-0.2, -0.15) is 13.2 Å². The highest BCUT2D eigenvalue weighted by Crippen LogP contribution is 2.32. The number of pyridine rings is 1. The molecule has 2 aromatic rings. The average Bonchev–Trinajstić information content (AvgIpc) is 2.56. The van der Waals surface area contributed by atoms with Crippen LogP contribution in [0, 0.1) is 0 Å². The third-order valence-corrected chi connectivity index (χ3v) is 4.47. The largest absolute Gasteiger partial charge is 0.433 e. The molecule has 1 aromatic carbocycles. The molecule has 0 spiro atoms. The highest BCUT2D eigenvalue weighted by molar-refractivity contribution is 5.91. The van der Waals surface area contributed by atoms with E-state index in [4.69, 9.17) is 4.74 Å². The van der Waals surface area contributed by atoms with Crippen LogP contribution in [0.25, 0.3) is 10.9 Å². The predicted molar refractivity (Wildman–Crippen MR) is 96.3 cm³/mol. The zero-order valence-electron chi connectivity index (χ0n) is 15.0. The Morgan fingerprint density at radius 1 is 1.19 bits per heavy atom. The molecule has 2 atom stereocenters. The third-order valence-electron chi connectivity index (χ3n) is 4.47. The Kier molecular flexibility index (Phi) is 5.67. The molecule has 3 rings (SSSR count). The summed E-state index contributed by atoms with van der Waals surface area (Å²) in [5.74, 6) is 0. The summed E-state index contributed by atoms with van der Waals surface area (Å²) < 4.78 is 45.0. The monoisotopic (exact) mass is 367 g/mol. The molecule has 0 saturated carbocycles. The minimum Gasteiger partial charge on any atom is -0.384 e. The van der Waals surface area contributed by atoms with Gasteiger partial charge in [0.1, 0.15) is 5.69 Å². The van der Waals surface area contributed by atoms with E-state index in [0.717, 1.165) is 32.1 Å². The highest BCUT2D eigenvalue weighted by atomic mass is 19.4. The molecule has 2 unspecified atom stereocenters. The van der Waals surface area contributed by atoms with Gasteiger partial charge < -0.3 is 10.1 Å². The SMILES string of the molecule is CC1CN(CCCNc2cc(C(F)(F)F)nc3ccccc23)CC(C)O1. The fourth-order valence-corrected chi connectivity index (χ4v) is 3.46. The van der Waals surface area contributed by atoms with Crippen LogP contribution in [-0.2, 0) is 10.9 Å². The lowest BCUT2D eigenvalue weighted by atomic mass is 10.1. The van der Waals surface area contributed by atoms with E-state index in [2.05, 4.69) is 29.0 Å². The summed E-state index contributed by atoms with van der Waals surface area (Å²) in [6, 6.07) is 7.99. The summed E-state index contributed by atoms with van der Waals surface area (Å²) in [5, 5.41) is 3.87. The normalized spacial score (nSPS) is 21.9. The van der Waals surface area contributed by atoms with E-state index in [0.29, 0.717) is 23.1 Å². The molecule has 26 heavy (non-hydrogen) atoms. The zero-order chi connectivity index (χ0) is 18.7. The van der Waals surface area contributed by atoms with Gasteiger partial charge in [0.05, 0.1) is 17.7 Å². The number of fused-ring (bicyclic) bond motifs is 1. The van der Waals surface area contributed by atoms with Crippen molar-refractivity contribution < 1.29 is 17.9 Å². The Bertz CT molecular complexity index is 740. The van der Waals surface area contributed by atoms with Gasteiger partial charge in [0.15, 0.2) is 0 Å². The number of nitrogens with zero attached hydrogens (tertiary/aromatic N) is 2. The van der Waals surface area contributed by atoms with Crippen LogP contribution in [0.1, 0.15) is 26.0 Å². The molecule has 7 heteroatoms. The van der Waals surface area contributed by atoms with Crippen molar-refractivity contribution in [3.8, 4) is 0 Å². The Labute approximate surface area is 151 Å². The van der Waals surface area contributed by atoms with Gasteiger partial charge in [0.25, 0.3) is 0 Å². The second-order valence-electron chi connectivity index (χ2n) is 6.87. The molecule has 0 bridgehead atoms. The van der Waals surface area contributed by atoms with E-state index in [1.807, 2.05) is 0 Å². The van der Waals surface area contributed by atoms with E-state index in [9.17, 15) is 13.2 Å². The van der Waals surface area contributed by atoms with Gasteiger partial charge in [-0.3, -0.25) is 4.90 Å². The molecule has 1 aliphatic heterocycles. The summed E-state index contributed by atoms with van der Waals surface area (Å²) >= 11 is 0. The van der Waals surface area contributed by atoms with Gasteiger partial charge in [0.2, 0.25) is 0 Å². The topological polar surface area (TPSA) is 37.4 Å². The number of hydrogen-bond acceptors (Lipinski definition) is 4. The number of morpholine rings is 1. The molecule has 142 valence electrons. The summed E-state index contributed by atoms with van der Waals surface area (Å²) in [6.45, 7) is 7.39. The van der Waals surface area contributed by atoms with Gasteiger partial charge in [-0.05, 0) is 32.4 Å². The van der Waals surface area contributed by atoms with E-state index < -0.39 is 11.9 Å².